The first kappa shape index (κ1) is 14.5. The van der Waals surface area contributed by atoms with Crippen LogP contribution >= 0.6 is 0 Å². The predicted octanol–water partition coefficient (Wildman–Crippen LogP) is 1.44. The van der Waals surface area contributed by atoms with Crippen LogP contribution in [0.3, 0.4) is 0 Å². The highest BCUT2D eigenvalue weighted by Crippen LogP contribution is 2.09. The number of nitrogens with zero attached hydrogens (tertiary/aromatic N) is 1. The number of ether oxygens (including phenoxy) is 1. The fraction of sp³-hybridized carbons (Fsp3) is 0.308. The molecule has 0 fully saturated rings. The molecule has 0 radical (unpaired) electrons. The molecule has 0 aliphatic heterocycles. The van der Waals surface area contributed by atoms with Crippen LogP contribution in [0.4, 0.5) is 10.5 Å². The summed E-state index contributed by atoms with van der Waals surface area (Å²) in [5, 5.41) is 13.5. The SMILES string of the molecule is CCOC(=O)CNC(=O)Nc1ccc(CC#N)cc1. The van der Waals surface area contributed by atoms with E-state index in [0.717, 1.165) is 5.56 Å². The molecule has 0 heterocycles. The van der Waals surface area contributed by atoms with Crippen LogP contribution in [-0.2, 0) is 16.0 Å². The van der Waals surface area contributed by atoms with E-state index in [9.17, 15) is 9.59 Å². The maximum absolute atomic E-state index is 11.4. The van der Waals surface area contributed by atoms with Gasteiger partial charge in [-0.1, -0.05) is 12.1 Å². The molecule has 6 heteroatoms. The number of hydrogen-bond donors (Lipinski definition) is 2. The molecule has 1 aromatic rings. The molecule has 0 spiro atoms. The summed E-state index contributed by atoms with van der Waals surface area (Å²) in [5.41, 5.74) is 1.46. The third kappa shape index (κ3) is 5.55. The summed E-state index contributed by atoms with van der Waals surface area (Å²) in [6.07, 6.45) is 0.329. The zero-order valence-corrected chi connectivity index (χ0v) is 10.6. The van der Waals surface area contributed by atoms with Gasteiger partial charge in [0.1, 0.15) is 6.54 Å². The number of anilines is 1. The minimum Gasteiger partial charge on any atom is -0.465 e. The van der Waals surface area contributed by atoms with Gasteiger partial charge >= 0.3 is 12.0 Å². The lowest BCUT2D eigenvalue weighted by Gasteiger charge is -2.07. The minimum atomic E-state index is -0.485. The van der Waals surface area contributed by atoms with Gasteiger partial charge in [-0.05, 0) is 24.6 Å². The lowest BCUT2D eigenvalue weighted by molar-refractivity contribution is -0.141. The molecule has 1 rings (SSSR count). The maximum Gasteiger partial charge on any atom is 0.325 e. The number of hydrogen-bond acceptors (Lipinski definition) is 4. The molecule has 6 nitrogen and oxygen atoms in total. The Hall–Kier alpha value is -2.55. The van der Waals surface area contributed by atoms with E-state index < -0.39 is 12.0 Å². The van der Waals surface area contributed by atoms with Crippen molar-refractivity contribution in [1.82, 2.24) is 5.32 Å². The molecule has 0 bridgehead atoms. The van der Waals surface area contributed by atoms with Crippen LogP contribution in [0.25, 0.3) is 0 Å². The lowest BCUT2D eigenvalue weighted by Crippen LogP contribution is -2.34. The number of urea groups is 1. The molecule has 0 aliphatic rings. The quantitative estimate of drug-likeness (QED) is 0.784. The Bertz CT molecular complexity index is 477. The molecule has 2 amide bonds. The van der Waals surface area contributed by atoms with E-state index in [4.69, 9.17) is 5.26 Å². The van der Waals surface area contributed by atoms with Gasteiger partial charge in [0.2, 0.25) is 0 Å². The van der Waals surface area contributed by atoms with Crippen molar-refractivity contribution in [2.75, 3.05) is 18.5 Å². The smallest absolute Gasteiger partial charge is 0.325 e. The second-order valence-corrected chi connectivity index (χ2v) is 3.64. The first-order chi connectivity index (χ1) is 9.15. The van der Waals surface area contributed by atoms with Crippen molar-refractivity contribution < 1.29 is 14.3 Å². The molecule has 19 heavy (non-hydrogen) atoms. The van der Waals surface area contributed by atoms with Gasteiger partial charge in [0.25, 0.3) is 0 Å². The predicted molar refractivity (Wildman–Crippen MR) is 69.4 cm³/mol. The van der Waals surface area contributed by atoms with Crippen molar-refractivity contribution in [1.29, 1.82) is 5.26 Å². The Morgan fingerprint density at radius 1 is 1.32 bits per heavy atom. The number of esters is 1. The highest BCUT2D eigenvalue weighted by atomic mass is 16.5. The maximum atomic E-state index is 11.4. The van der Waals surface area contributed by atoms with Gasteiger partial charge in [0.15, 0.2) is 0 Å². The molecular formula is C13H15N3O3. The minimum absolute atomic E-state index is 0.174. The van der Waals surface area contributed by atoms with E-state index in [-0.39, 0.29) is 13.2 Å². The average Bonchev–Trinajstić information content (AvgIpc) is 2.39. The molecule has 100 valence electrons. The molecular weight excluding hydrogens is 246 g/mol. The van der Waals surface area contributed by atoms with Crippen LogP contribution in [0.15, 0.2) is 24.3 Å². The van der Waals surface area contributed by atoms with Crippen LogP contribution < -0.4 is 10.6 Å². The van der Waals surface area contributed by atoms with E-state index in [1.54, 1.807) is 31.2 Å². The number of benzene rings is 1. The molecule has 0 saturated carbocycles. The van der Waals surface area contributed by atoms with E-state index >= 15 is 0 Å². The second-order valence-electron chi connectivity index (χ2n) is 3.64. The van der Waals surface area contributed by atoms with Crippen LogP contribution in [0.2, 0.25) is 0 Å². The lowest BCUT2D eigenvalue weighted by atomic mass is 10.1. The molecule has 0 aliphatic carbocycles. The Labute approximate surface area is 111 Å². The Balaban J connectivity index is 2.40. The van der Waals surface area contributed by atoms with E-state index in [0.29, 0.717) is 12.1 Å². The Morgan fingerprint density at radius 2 is 2.00 bits per heavy atom. The molecule has 0 atom stereocenters. The zero-order valence-electron chi connectivity index (χ0n) is 10.6. The number of nitrogens with one attached hydrogen (secondary N) is 2. The molecule has 0 saturated heterocycles. The summed E-state index contributed by atoms with van der Waals surface area (Å²) in [7, 11) is 0. The third-order valence-corrected chi connectivity index (χ3v) is 2.19. The number of amides is 2. The number of carbonyl (C=O) groups is 2. The van der Waals surface area contributed by atoms with Crippen molar-refractivity contribution in [2.45, 2.75) is 13.3 Å². The molecule has 2 N–H and O–H groups in total. The second kappa shape index (κ2) is 7.71. The number of carbonyl (C=O) groups excluding carboxylic acids is 2. The zero-order chi connectivity index (χ0) is 14.1. The fourth-order valence-corrected chi connectivity index (χ4v) is 1.34. The summed E-state index contributed by atoms with van der Waals surface area (Å²) in [6, 6.07) is 8.44. The van der Waals surface area contributed by atoms with Gasteiger partial charge in [-0.3, -0.25) is 4.79 Å². The third-order valence-electron chi connectivity index (χ3n) is 2.19. The van der Waals surface area contributed by atoms with Gasteiger partial charge in [0.05, 0.1) is 19.1 Å². The normalized spacial score (nSPS) is 9.26. The van der Waals surface area contributed by atoms with Gasteiger partial charge in [0, 0.05) is 5.69 Å². The largest absolute Gasteiger partial charge is 0.465 e. The Kier molecular flexibility index (Phi) is 5.89. The van der Waals surface area contributed by atoms with Gasteiger partial charge in [-0.25, -0.2) is 4.79 Å². The van der Waals surface area contributed by atoms with Gasteiger partial charge < -0.3 is 15.4 Å². The van der Waals surface area contributed by atoms with Crippen LogP contribution in [0.5, 0.6) is 0 Å². The van der Waals surface area contributed by atoms with Crippen molar-refractivity contribution in [3.63, 3.8) is 0 Å². The van der Waals surface area contributed by atoms with E-state index in [2.05, 4.69) is 15.4 Å². The van der Waals surface area contributed by atoms with Crippen LogP contribution in [-0.4, -0.2) is 25.2 Å². The first-order valence-corrected chi connectivity index (χ1v) is 5.82. The van der Waals surface area contributed by atoms with E-state index in [1.807, 2.05) is 6.07 Å². The first-order valence-electron chi connectivity index (χ1n) is 5.82. The van der Waals surface area contributed by atoms with Crippen LogP contribution in [0, 0.1) is 11.3 Å². The van der Waals surface area contributed by atoms with E-state index in [1.165, 1.54) is 0 Å². The van der Waals surface area contributed by atoms with Crippen molar-refractivity contribution >= 4 is 17.7 Å². The molecule has 0 aromatic heterocycles. The monoisotopic (exact) mass is 261 g/mol. The topological polar surface area (TPSA) is 91.2 Å². The van der Waals surface area contributed by atoms with Crippen LogP contribution in [0.1, 0.15) is 12.5 Å². The number of nitriles is 1. The number of rotatable bonds is 5. The fourth-order valence-electron chi connectivity index (χ4n) is 1.34. The average molecular weight is 261 g/mol. The molecule has 0 unspecified atom stereocenters. The molecule has 1 aromatic carbocycles. The summed E-state index contributed by atoms with van der Waals surface area (Å²) in [6.45, 7) is 1.80. The van der Waals surface area contributed by atoms with Gasteiger partial charge in [-0.2, -0.15) is 5.26 Å². The summed E-state index contributed by atoms with van der Waals surface area (Å²) >= 11 is 0. The summed E-state index contributed by atoms with van der Waals surface area (Å²) in [5.74, 6) is -0.484. The Morgan fingerprint density at radius 3 is 2.58 bits per heavy atom. The van der Waals surface area contributed by atoms with Crippen molar-refractivity contribution in [2.24, 2.45) is 0 Å². The van der Waals surface area contributed by atoms with Gasteiger partial charge in [-0.15, -0.1) is 0 Å². The summed E-state index contributed by atoms with van der Waals surface area (Å²) < 4.78 is 4.67. The highest BCUT2D eigenvalue weighted by molar-refractivity contribution is 5.91. The standard InChI is InChI=1S/C13H15N3O3/c1-2-19-12(17)9-15-13(18)16-11-5-3-10(4-6-11)7-8-14/h3-6H,2,7,9H2,1H3,(H2,15,16,18). The highest BCUT2D eigenvalue weighted by Gasteiger charge is 2.05. The van der Waals surface area contributed by atoms with Crippen molar-refractivity contribution in [3.05, 3.63) is 29.8 Å². The van der Waals surface area contributed by atoms with Crippen molar-refractivity contribution in [3.8, 4) is 6.07 Å². The summed E-state index contributed by atoms with van der Waals surface area (Å²) in [4.78, 5) is 22.5.